The van der Waals surface area contributed by atoms with Crippen molar-refractivity contribution in [1.82, 2.24) is 0 Å². The zero-order valence-corrected chi connectivity index (χ0v) is 16.6. The molecule has 5 rings (SSSR count). The second-order valence-corrected chi connectivity index (χ2v) is 7.93. The first-order valence-corrected chi connectivity index (χ1v) is 10.2. The van der Waals surface area contributed by atoms with Gasteiger partial charge in [0.05, 0.1) is 6.54 Å². The van der Waals surface area contributed by atoms with Crippen LogP contribution in [0.5, 0.6) is 0 Å². The summed E-state index contributed by atoms with van der Waals surface area (Å²) in [4.78, 5) is 15.2. The average molecular weight is 398 g/mol. The third kappa shape index (κ3) is 3.30. The highest BCUT2D eigenvalue weighted by Crippen LogP contribution is 2.44. The SMILES string of the molecule is O=C1CC(c2cccc(Cl)c2)c2c(ccc3ccccc23)N1Cc1ccccc1. The van der Waals surface area contributed by atoms with Gasteiger partial charge in [-0.25, -0.2) is 0 Å². The number of rotatable bonds is 3. The average Bonchev–Trinajstić information content (AvgIpc) is 2.76. The molecular weight excluding hydrogens is 378 g/mol. The Bertz CT molecular complexity index is 1200. The molecule has 3 heteroatoms. The summed E-state index contributed by atoms with van der Waals surface area (Å²) in [5.41, 5.74) is 4.42. The molecule has 4 aromatic carbocycles. The summed E-state index contributed by atoms with van der Waals surface area (Å²) in [7, 11) is 0. The van der Waals surface area contributed by atoms with Crippen LogP contribution in [0.4, 0.5) is 5.69 Å². The van der Waals surface area contributed by atoms with Crippen LogP contribution in [0.15, 0.2) is 91.0 Å². The van der Waals surface area contributed by atoms with Crippen molar-refractivity contribution in [3.63, 3.8) is 0 Å². The molecule has 0 N–H and O–H groups in total. The van der Waals surface area contributed by atoms with E-state index in [-0.39, 0.29) is 11.8 Å². The number of anilines is 1. The van der Waals surface area contributed by atoms with E-state index in [2.05, 4.69) is 54.6 Å². The van der Waals surface area contributed by atoms with Crippen molar-refractivity contribution in [2.45, 2.75) is 18.9 Å². The van der Waals surface area contributed by atoms with Gasteiger partial charge in [-0.05, 0) is 45.7 Å². The van der Waals surface area contributed by atoms with Crippen LogP contribution in [-0.2, 0) is 11.3 Å². The summed E-state index contributed by atoms with van der Waals surface area (Å²) < 4.78 is 0. The largest absolute Gasteiger partial charge is 0.308 e. The molecule has 1 amide bonds. The van der Waals surface area contributed by atoms with E-state index in [1.807, 2.05) is 41.3 Å². The van der Waals surface area contributed by atoms with Crippen LogP contribution in [0, 0.1) is 0 Å². The molecule has 1 heterocycles. The van der Waals surface area contributed by atoms with Crippen molar-refractivity contribution in [1.29, 1.82) is 0 Å². The number of fused-ring (bicyclic) bond motifs is 3. The fourth-order valence-electron chi connectivity index (χ4n) is 4.35. The lowest BCUT2D eigenvalue weighted by molar-refractivity contribution is -0.119. The highest BCUT2D eigenvalue weighted by atomic mass is 35.5. The van der Waals surface area contributed by atoms with E-state index in [1.165, 1.54) is 16.3 Å². The lowest BCUT2D eigenvalue weighted by Crippen LogP contribution is -2.36. The van der Waals surface area contributed by atoms with Gasteiger partial charge in [-0.1, -0.05) is 84.4 Å². The summed E-state index contributed by atoms with van der Waals surface area (Å²) in [5.74, 6) is 0.135. The fourth-order valence-corrected chi connectivity index (χ4v) is 4.55. The zero-order valence-electron chi connectivity index (χ0n) is 15.9. The van der Waals surface area contributed by atoms with Crippen molar-refractivity contribution < 1.29 is 4.79 Å². The van der Waals surface area contributed by atoms with Crippen LogP contribution in [0.3, 0.4) is 0 Å². The van der Waals surface area contributed by atoms with E-state index in [1.54, 1.807) is 0 Å². The molecular formula is C26H20ClNO. The number of carbonyl (C=O) groups is 1. The highest BCUT2D eigenvalue weighted by molar-refractivity contribution is 6.30. The highest BCUT2D eigenvalue weighted by Gasteiger charge is 2.33. The zero-order chi connectivity index (χ0) is 19.8. The number of hydrogen-bond donors (Lipinski definition) is 0. The van der Waals surface area contributed by atoms with Gasteiger partial charge in [0, 0.05) is 23.0 Å². The molecule has 0 aliphatic carbocycles. The van der Waals surface area contributed by atoms with E-state index in [0.717, 1.165) is 16.8 Å². The van der Waals surface area contributed by atoms with Crippen molar-refractivity contribution in [2.24, 2.45) is 0 Å². The molecule has 1 atom stereocenters. The second kappa shape index (κ2) is 7.38. The van der Waals surface area contributed by atoms with Gasteiger partial charge in [0.1, 0.15) is 0 Å². The third-order valence-electron chi connectivity index (χ3n) is 5.70. The van der Waals surface area contributed by atoms with Crippen LogP contribution >= 0.6 is 11.6 Å². The minimum Gasteiger partial charge on any atom is -0.308 e. The standard InChI is InChI=1S/C26H20ClNO/c27-21-11-6-10-20(15-21)23-16-25(29)28(17-18-7-2-1-3-8-18)24-14-13-19-9-4-5-12-22(19)26(23)24/h1-15,23H,16-17H2. The van der Waals surface area contributed by atoms with E-state index < -0.39 is 0 Å². The number of carbonyl (C=O) groups excluding carboxylic acids is 1. The second-order valence-electron chi connectivity index (χ2n) is 7.50. The normalized spacial score (nSPS) is 16.1. The van der Waals surface area contributed by atoms with Gasteiger partial charge in [-0.2, -0.15) is 0 Å². The molecule has 29 heavy (non-hydrogen) atoms. The number of amides is 1. The van der Waals surface area contributed by atoms with Gasteiger partial charge < -0.3 is 4.90 Å². The van der Waals surface area contributed by atoms with Crippen molar-refractivity contribution in [2.75, 3.05) is 4.90 Å². The summed E-state index contributed by atoms with van der Waals surface area (Å²) in [6.07, 6.45) is 0.439. The maximum Gasteiger partial charge on any atom is 0.228 e. The van der Waals surface area contributed by atoms with Crippen molar-refractivity contribution in [3.05, 3.63) is 113 Å². The number of benzene rings is 4. The van der Waals surface area contributed by atoms with Gasteiger partial charge in [-0.3, -0.25) is 4.79 Å². The van der Waals surface area contributed by atoms with Crippen molar-refractivity contribution >= 4 is 34.0 Å². The quantitative estimate of drug-likeness (QED) is 0.383. The fraction of sp³-hybridized carbons (Fsp3) is 0.115. The summed E-state index contributed by atoms with van der Waals surface area (Å²) in [5, 5.41) is 3.08. The Kier molecular flexibility index (Phi) is 4.57. The van der Waals surface area contributed by atoms with Crippen LogP contribution in [-0.4, -0.2) is 5.91 Å². The molecule has 0 spiro atoms. The maximum absolute atomic E-state index is 13.3. The third-order valence-corrected chi connectivity index (χ3v) is 5.94. The maximum atomic E-state index is 13.3. The molecule has 0 bridgehead atoms. The Labute approximate surface area is 175 Å². The van der Waals surface area contributed by atoms with Gasteiger partial charge in [0.2, 0.25) is 5.91 Å². The molecule has 1 aliphatic rings. The predicted octanol–water partition coefficient (Wildman–Crippen LogP) is 6.56. The molecule has 1 unspecified atom stereocenters. The topological polar surface area (TPSA) is 20.3 Å². The number of hydrogen-bond acceptors (Lipinski definition) is 1. The van der Waals surface area contributed by atoms with Crippen LogP contribution in [0.2, 0.25) is 5.02 Å². The molecule has 142 valence electrons. The van der Waals surface area contributed by atoms with E-state index in [0.29, 0.717) is 18.0 Å². The first kappa shape index (κ1) is 18.0. The lowest BCUT2D eigenvalue weighted by Gasteiger charge is -2.35. The first-order chi connectivity index (χ1) is 14.2. The van der Waals surface area contributed by atoms with E-state index in [9.17, 15) is 4.79 Å². The Morgan fingerprint density at radius 2 is 1.66 bits per heavy atom. The molecule has 4 aromatic rings. The molecule has 1 aliphatic heterocycles. The molecule has 0 saturated heterocycles. The summed E-state index contributed by atoms with van der Waals surface area (Å²) >= 11 is 6.29. The van der Waals surface area contributed by atoms with E-state index in [4.69, 9.17) is 11.6 Å². The monoisotopic (exact) mass is 397 g/mol. The van der Waals surface area contributed by atoms with Gasteiger partial charge in [0.15, 0.2) is 0 Å². The van der Waals surface area contributed by atoms with Gasteiger partial charge >= 0.3 is 0 Å². The first-order valence-electron chi connectivity index (χ1n) is 9.82. The lowest BCUT2D eigenvalue weighted by atomic mass is 9.81. The van der Waals surface area contributed by atoms with Crippen LogP contribution in [0.25, 0.3) is 10.8 Å². The summed E-state index contributed by atoms with van der Waals surface area (Å²) in [6.45, 7) is 0.577. The van der Waals surface area contributed by atoms with Crippen LogP contribution < -0.4 is 4.90 Å². The van der Waals surface area contributed by atoms with Gasteiger partial charge in [0.25, 0.3) is 0 Å². The smallest absolute Gasteiger partial charge is 0.228 e. The number of halogens is 1. The summed E-state index contributed by atoms with van der Waals surface area (Å²) in [6, 6.07) is 30.7. The Balaban J connectivity index is 1.70. The Morgan fingerprint density at radius 1 is 0.862 bits per heavy atom. The van der Waals surface area contributed by atoms with Crippen LogP contribution in [0.1, 0.15) is 29.0 Å². The Morgan fingerprint density at radius 3 is 2.48 bits per heavy atom. The van der Waals surface area contributed by atoms with Crippen molar-refractivity contribution in [3.8, 4) is 0 Å². The molecule has 0 fully saturated rings. The minimum atomic E-state index is -0.00526. The minimum absolute atomic E-state index is 0.00526. The molecule has 0 saturated carbocycles. The molecule has 0 radical (unpaired) electrons. The Hall–Kier alpha value is -3.10. The molecule has 2 nitrogen and oxygen atoms in total. The number of nitrogens with zero attached hydrogens (tertiary/aromatic N) is 1. The van der Waals surface area contributed by atoms with Gasteiger partial charge in [-0.15, -0.1) is 0 Å². The van der Waals surface area contributed by atoms with E-state index >= 15 is 0 Å². The molecule has 0 aromatic heterocycles. The predicted molar refractivity (Wildman–Crippen MR) is 119 cm³/mol.